The first-order valence-electron chi connectivity index (χ1n) is 8.72. The number of benzene rings is 2. The third kappa shape index (κ3) is 5.15. The van der Waals surface area contributed by atoms with E-state index in [1.54, 1.807) is 24.1 Å². The van der Waals surface area contributed by atoms with Gasteiger partial charge in [-0.05, 0) is 23.3 Å². The lowest BCUT2D eigenvalue weighted by Crippen LogP contribution is -2.50. The Morgan fingerprint density at radius 2 is 1.62 bits per heavy atom. The molecule has 0 aliphatic carbocycles. The van der Waals surface area contributed by atoms with Crippen molar-refractivity contribution in [1.29, 1.82) is 0 Å². The second-order valence-corrected chi connectivity index (χ2v) is 6.57. The average Bonchev–Trinajstić information content (AvgIpc) is 2.65. The maximum atomic E-state index is 13.2. The number of hydrogen-bond acceptors (Lipinski definition) is 2. The van der Waals surface area contributed by atoms with Crippen LogP contribution in [0.1, 0.15) is 25.0 Å². The molecule has 26 heavy (non-hydrogen) atoms. The van der Waals surface area contributed by atoms with Crippen molar-refractivity contribution in [3.8, 4) is 0 Å². The van der Waals surface area contributed by atoms with Gasteiger partial charge in [-0.1, -0.05) is 56.3 Å². The van der Waals surface area contributed by atoms with Crippen LogP contribution in [0.15, 0.2) is 54.6 Å². The van der Waals surface area contributed by atoms with E-state index < -0.39 is 6.04 Å². The smallest absolute Gasteiger partial charge is 0.242 e. The minimum absolute atomic E-state index is 0.112. The minimum atomic E-state index is -0.637. The first-order chi connectivity index (χ1) is 12.4. The van der Waals surface area contributed by atoms with E-state index in [-0.39, 0.29) is 30.1 Å². The molecule has 0 bridgehead atoms. The van der Waals surface area contributed by atoms with E-state index in [1.807, 2.05) is 44.2 Å². The molecule has 0 fully saturated rings. The second-order valence-electron chi connectivity index (χ2n) is 6.57. The fourth-order valence-corrected chi connectivity index (χ4v) is 2.81. The van der Waals surface area contributed by atoms with E-state index in [4.69, 9.17) is 0 Å². The molecular formula is C21H25FN2O2. The van der Waals surface area contributed by atoms with Crippen LogP contribution in [0, 0.1) is 11.7 Å². The number of amides is 2. The third-order valence-corrected chi connectivity index (χ3v) is 4.24. The third-order valence-electron chi connectivity index (χ3n) is 4.24. The highest BCUT2D eigenvalue weighted by Crippen LogP contribution is 2.17. The molecule has 5 heteroatoms. The fraction of sp³-hybridized carbons (Fsp3) is 0.333. The Kier molecular flexibility index (Phi) is 6.89. The van der Waals surface area contributed by atoms with E-state index in [1.165, 1.54) is 12.1 Å². The van der Waals surface area contributed by atoms with Crippen molar-refractivity contribution in [3.05, 3.63) is 71.5 Å². The quantitative estimate of drug-likeness (QED) is 0.828. The predicted molar refractivity (Wildman–Crippen MR) is 99.8 cm³/mol. The molecule has 0 aliphatic rings. The lowest BCUT2D eigenvalue weighted by atomic mass is 10.0. The molecule has 0 aliphatic heterocycles. The Morgan fingerprint density at radius 3 is 2.15 bits per heavy atom. The lowest BCUT2D eigenvalue weighted by Gasteiger charge is -2.32. The predicted octanol–water partition coefficient (Wildman–Crippen LogP) is 3.17. The van der Waals surface area contributed by atoms with Gasteiger partial charge in [0.1, 0.15) is 11.9 Å². The van der Waals surface area contributed by atoms with E-state index in [0.717, 1.165) is 11.1 Å². The number of likely N-dealkylation sites (N-methyl/N-ethyl adjacent to an activating group) is 1. The van der Waals surface area contributed by atoms with Crippen LogP contribution in [0.2, 0.25) is 0 Å². The van der Waals surface area contributed by atoms with Crippen LogP contribution in [-0.4, -0.2) is 29.8 Å². The van der Waals surface area contributed by atoms with Gasteiger partial charge in [0.2, 0.25) is 11.8 Å². The van der Waals surface area contributed by atoms with Gasteiger partial charge < -0.3 is 10.2 Å². The second kappa shape index (κ2) is 9.13. The highest BCUT2D eigenvalue weighted by molar-refractivity contribution is 5.88. The monoisotopic (exact) mass is 356 g/mol. The molecule has 0 unspecified atom stereocenters. The highest BCUT2D eigenvalue weighted by atomic mass is 19.1. The summed E-state index contributed by atoms with van der Waals surface area (Å²) in [5.41, 5.74) is 1.75. The van der Waals surface area contributed by atoms with Crippen molar-refractivity contribution >= 4 is 11.8 Å². The molecule has 2 rings (SSSR count). The Balaban J connectivity index is 2.35. The summed E-state index contributed by atoms with van der Waals surface area (Å²) in [6.45, 7) is 3.87. The molecule has 1 atom stereocenters. The zero-order valence-corrected chi connectivity index (χ0v) is 15.4. The van der Waals surface area contributed by atoms with Gasteiger partial charge in [-0.25, -0.2) is 4.39 Å². The first-order valence-corrected chi connectivity index (χ1v) is 8.72. The molecule has 1 N–H and O–H groups in total. The Hall–Kier alpha value is -2.69. The molecule has 2 aromatic rings. The van der Waals surface area contributed by atoms with Crippen molar-refractivity contribution in [2.75, 3.05) is 7.05 Å². The number of halogens is 1. The molecule has 0 spiro atoms. The van der Waals surface area contributed by atoms with Gasteiger partial charge in [0.25, 0.3) is 0 Å². The SMILES string of the molecule is CNC(=O)[C@H](Cc1ccccc1)N(Cc1ccc(F)cc1)C(=O)C(C)C. The molecule has 2 amide bonds. The van der Waals surface area contributed by atoms with Gasteiger partial charge in [0.05, 0.1) is 0 Å². The number of hydrogen-bond donors (Lipinski definition) is 1. The van der Waals surface area contributed by atoms with Crippen molar-refractivity contribution < 1.29 is 14.0 Å². The first kappa shape index (κ1) is 19.6. The Bertz CT molecular complexity index is 729. The number of nitrogens with one attached hydrogen (secondary N) is 1. The van der Waals surface area contributed by atoms with Gasteiger partial charge in [-0.15, -0.1) is 0 Å². The van der Waals surface area contributed by atoms with E-state index in [9.17, 15) is 14.0 Å². The van der Waals surface area contributed by atoms with E-state index in [0.29, 0.717) is 6.42 Å². The largest absolute Gasteiger partial charge is 0.357 e. The van der Waals surface area contributed by atoms with E-state index in [2.05, 4.69) is 5.32 Å². The number of carbonyl (C=O) groups is 2. The maximum Gasteiger partial charge on any atom is 0.242 e. The van der Waals surface area contributed by atoms with Gasteiger partial charge in [-0.2, -0.15) is 0 Å². The minimum Gasteiger partial charge on any atom is -0.357 e. The number of carbonyl (C=O) groups excluding carboxylic acids is 2. The average molecular weight is 356 g/mol. The standard InChI is InChI=1S/C21H25FN2O2/c1-15(2)21(26)24(14-17-9-11-18(22)12-10-17)19(20(25)23-3)13-16-7-5-4-6-8-16/h4-12,15,19H,13-14H2,1-3H3,(H,23,25)/t19-/m0/s1. The molecule has 0 saturated carbocycles. The summed E-state index contributed by atoms with van der Waals surface area (Å²) in [5.74, 6) is -0.912. The number of nitrogens with zero attached hydrogens (tertiary/aromatic N) is 1. The summed E-state index contributed by atoms with van der Waals surface area (Å²) < 4.78 is 13.2. The molecule has 2 aromatic carbocycles. The molecule has 138 valence electrons. The van der Waals surface area contributed by atoms with Crippen LogP contribution in [0.3, 0.4) is 0 Å². The van der Waals surface area contributed by atoms with Gasteiger partial charge in [0.15, 0.2) is 0 Å². The Labute approximate surface area is 154 Å². The molecule has 0 radical (unpaired) electrons. The van der Waals surface area contributed by atoms with Crippen LogP contribution in [0.4, 0.5) is 4.39 Å². The summed E-state index contributed by atoms with van der Waals surface area (Å²) in [4.78, 5) is 27.0. The van der Waals surface area contributed by atoms with Gasteiger partial charge >= 0.3 is 0 Å². The topological polar surface area (TPSA) is 49.4 Å². The maximum absolute atomic E-state index is 13.2. The molecular weight excluding hydrogens is 331 g/mol. The molecule has 0 aromatic heterocycles. The summed E-state index contributed by atoms with van der Waals surface area (Å²) in [7, 11) is 1.57. The molecule has 4 nitrogen and oxygen atoms in total. The van der Waals surface area contributed by atoms with Gasteiger partial charge in [0, 0.05) is 25.9 Å². The normalized spacial score (nSPS) is 11.9. The Morgan fingerprint density at radius 1 is 1.00 bits per heavy atom. The van der Waals surface area contributed by atoms with Crippen LogP contribution in [-0.2, 0) is 22.6 Å². The van der Waals surface area contributed by atoms with Crippen molar-refractivity contribution in [2.24, 2.45) is 5.92 Å². The number of rotatable bonds is 7. The zero-order valence-electron chi connectivity index (χ0n) is 15.4. The molecule has 0 heterocycles. The van der Waals surface area contributed by atoms with Crippen LogP contribution < -0.4 is 5.32 Å². The van der Waals surface area contributed by atoms with Crippen LogP contribution in [0.5, 0.6) is 0 Å². The van der Waals surface area contributed by atoms with E-state index >= 15 is 0 Å². The molecule has 0 saturated heterocycles. The highest BCUT2D eigenvalue weighted by Gasteiger charge is 2.30. The van der Waals surface area contributed by atoms with Crippen LogP contribution in [0.25, 0.3) is 0 Å². The van der Waals surface area contributed by atoms with Crippen LogP contribution >= 0.6 is 0 Å². The van der Waals surface area contributed by atoms with Crippen molar-refractivity contribution in [3.63, 3.8) is 0 Å². The van der Waals surface area contributed by atoms with Crippen molar-refractivity contribution in [1.82, 2.24) is 10.2 Å². The zero-order chi connectivity index (χ0) is 19.1. The fourth-order valence-electron chi connectivity index (χ4n) is 2.81. The van der Waals surface area contributed by atoms with Gasteiger partial charge in [-0.3, -0.25) is 9.59 Å². The summed E-state index contributed by atoms with van der Waals surface area (Å²) >= 11 is 0. The summed E-state index contributed by atoms with van der Waals surface area (Å²) in [6, 6.07) is 15.0. The lowest BCUT2D eigenvalue weighted by molar-refractivity contribution is -0.143. The summed E-state index contributed by atoms with van der Waals surface area (Å²) in [5, 5.41) is 2.66. The van der Waals surface area contributed by atoms with Crippen molar-refractivity contribution in [2.45, 2.75) is 32.9 Å². The summed E-state index contributed by atoms with van der Waals surface area (Å²) in [6.07, 6.45) is 0.417.